The number of para-hydroxylation sites is 1. The van der Waals surface area contributed by atoms with Crippen LogP contribution in [-0.2, 0) is 4.79 Å². The van der Waals surface area contributed by atoms with Gasteiger partial charge in [-0.25, -0.2) is 4.39 Å². The van der Waals surface area contributed by atoms with Crippen molar-refractivity contribution < 1.29 is 18.7 Å². The molecule has 2 amide bonds. The number of hydrogen-bond acceptors (Lipinski definition) is 4. The minimum absolute atomic E-state index is 0.0593. The van der Waals surface area contributed by atoms with E-state index in [0.29, 0.717) is 10.4 Å². The fraction of sp³-hybridized carbons (Fsp3) is 0.111. The van der Waals surface area contributed by atoms with Crippen LogP contribution in [-0.4, -0.2) is 17.9 Å². The Bertz CT molecular complexity index is 1030. The van der Waals surface area contributed by atoms with E-state index in [1.54, 1.807) is 24.3 Å². The first-order chi connectivity index (χ1) is 12.9. The summed E-state index contributed by atoms with van der Waals surface area (Å²) in [5.41, 5.74) is 4.52. The van der Waals surface area contributed by atoms with E-state index < -0.39 is 23.7 Å². The summed E-state index contributed by atoms with van der Waals surface area (Å²) in [4.78, 5) is 24.6. The van der Waals surface area contributed by atoms with E-state index in [4.69, 9.17) is 27.9 Å². The number of hydrazine groups is 1. The van der Waals surface area contributed by atoms with Crippen molar-refractivity contribution in [3.05, 3.63) is 63.2 Å². The topological polar surface area (TPSA) is 67.4 Å². The summed E-state index contributed by atoms with van der Waals surface area (Å²) < 4.78 is 19.6. The molecular weight excluding hydrogens is 414 g/mol. The summed E-state index contributed by atoms with van der Waals surface area (Å²) in [5.74, 6) is -1.87. The maximum Gasteiger partial charge on any atom is 0.281 e. The lowest BCUT2D eigenvalue weighted by atomic mass is 10.2. The number of fused-ring (bicyclic) bond motifs is 1. The number of amides is 2. The lowest BCUT2D eigenvalue weighted by Crippen LogP contribution is -2.47. The van der Waals surface area contributed by atoms with Crippen molar-refractivity contribution in [1.29, 1.82) is 0 Å². The molecule has 0 aliphatic rings. The highest BCUT2D eigenvalue weighted by molar-refractivity contribution is 7.21. The van der Waals surface area contributed by atoms with E-state index in [0.717, 1.165) is 16.0 Å². The molecule has 27 heavy (non-hydrogen) atoms. The normalized spacial score (nSPS) is 11.9. The van der Waals surface area contributed by atoms with E-state index >= 15 is 0 Å². The van der Waals surface area contributed by atoms with Crippen LogP contribution in [0.25, 0.3) is 10.1 Å². The van der Waals surface area contributed by atoms with Crippen LogP contribution in [0.4, 0.5) is 4.39 Å². The average Bonchev–Trinajstić information content (AvgIpc) is 2.97. The van der Waals surface area contributed by atoms with Crippen LogP contribution in [0.5, 0.6) is 5.75 Å². The van der Waals surface area contributed by atoms with Crippen LogP contribution in [0, 0.1) is 5.82 Å². The Morgan fingerprint density at radius 3 is 2.63 bits per heavy atom. The first-order valence-corrected chi connectivity index (χ1v) is 9.33. The van der Waals surface area contributed by atoms with Crippen LogP contribution in [0.2, 0.25) is 10.0 Å². The Morgan fingerprint density at radius 1 is 1.15 bits per heavy atom. The molecule has 3 aromatic rings. The van der Waals surface area contributed by atoms with Gasteiger partial charge in [0, 0.05) is 15.1 Å². The summed E-state index contributed by atoms with van der Waals surface area (Å²) in [6.07, 6.45) is -1.03. The third kappa shape index (κ3) is 4.32. The molecule has 0 radical (unpaired) electrons. The predicted octanol–water partition coefficient (Wildman–Crippen LogP) is 4.58. The molecule has 0 fully saturated rings. The van der Waals surface area contributed by atoms with Crippen LogP contribution >= 0.6 is 34.5 Å². The summed E-state index contributed by atoms with van der Waals surface area (Å²) in [7, 11) is 0. The largest absolute Gasteiger partial charge is 0.478 e. The highest BCUT2D eigenvalue weighted by Gasteiger charge is 2.20. The maximum atomic E-state index is 13.6. The Morgan fingerprint density at radius 2 is 1.89 bits per heavy atom. The first-order valence-electron chi connectivity index (χ1n) is 7.75. The quantitative estimate of drug-likeness (QED) is 0.600. The zero-order valence-electron chi connectivity index (χ0n) is 13.9. The number of carbonyl (C=O) groups is 2. The van der Waals surface area contributed by atoms with Gasteiger partial charge in [-0.2, -0.15) is 0 Å². The zero-order chi connectivity index (χ0) is 19.6. The van der Waals surface area contributed by atoms with Crippen LogP contribution in [0.15, 0.2) is 42.5 Å². The van der Waals surface area contributed by atoms with Crippen molar-refractivity contribution in [3.8, 4) is 5.75 Å². The second-order valence-corrected chi connectivity index (χ2v) is 7.39. The highest BCUT2D eigenvalue weighted by atomic mass is 35.5. The Labute approximate surface area is 168 Å². The molecule has 0 saturated carbocycles. The first kappa shape index (κ1) is 19.4. The minimum atomic E-state index is -1.03. The van der Waals surface area contributed by atoms with Crippen molar-refractivity contribution in [1.82, 2.24) is 10.9 Å². The fourth-order valence-electron chi connectivity index (χ4n) is 2.25. The molecule has 3 rings (SSSR count). The number of halogens is 3. The summed E-state index contributed by atoms with van der Waals surface area (Å²) >= 11 is 13.3. The number of rotatable bonds is 4. The Kier molecular flexibility index (Phi) is 5.84. The number of nitrogens with one attached hydrogen (secondary N) is 2. The molecule has 9 heteroatoms. The van der Waals surface area contributed by atoms with E-state index in [1.807, 2.05) is 0 Å². The van der Waals surface area contributed by atoms with Gasteiger partial charge in [-0.3, -0.25) is 20.4 Å². The molecule has 2 aromatic carbocycles. The second kappa shape index (κ2) is 8.12. The SMILES string of the molecule is CC(Oc1ccccc1F)C(=O)NNC(=O)c1sc2cc(Cl)ccc2c1Cl. The molecule has 5 nitrogen and oxygen atoms in total. The Balaban J connectivity index is 1.64. The highest BCUT2D eigenvalue weighted by Crippen LogP contribution is 2.36. The fourth-order valence-corrected chi connectivity index (χ4v) is 3.93. The van der Waals surface area contributed by atoms with Crippen molar-refractivity contribution in [3.63, 3.8) is 0 Å². The van der Waals surface area contributed by atoms with Gasteiger partial charge in [0.25, 0.3) is 11.8 Å². The van der Waals surface area contributed by atoms with Gasteiger partial charge in [0.15, 0.2) is 17.7 Å². The summed E-state index contributed by atoms with van der Waals surface area (Å²) in [6, 6.07) is 10.8. The molecule has 1 heterocycles. The smallest absolute Gasteiger partial charge is 0.281 e. The molecule has 1 unspecified atom stereocenters. The molecule has 1 aromatic heterocycles. The van der Waals surface area contributed by atoms with E-state index in [2.05, 4.69) is 10.9 Å². The molecule has 0 aliphatic carbocycles. The van der Waals surface area contributed by atoms with Crippen LogP contribution in [0.3, 0.4) is 0 Å². The number of benzene rings is 2. The predicted molar refractivity (Wildman–Crippen MR) is 104 cm³/mol. The van der Waals surface area contributed by atoms with E-state index in [9.17, 15) is 14.0 Å². The number of thiophene rings is 1. The maximum absolute atomic E-state index is 13.6. The molecule has 1 atom stereocenters. The minimum Gasteiger partial charge on any atom is -0.478 e. The molecule has 2 N–H and O–H groups in total. The number of ether oxygens (including phenoxy) is 1. The van der Waals surface area contributed by atoms with Gasteiger partial charge in [-0.05, 0) is 31.2 Å². The number of carbonyl (C=O) groups excluding carboxylic acids is 2. The molecule has 0 saturated heterocycles. The lowest BCUT2D eigenvalue weighted by Gasteiger charge is -2.15. The second-order valence-electron chi connectivity index (χ2n) is 5.52. The molecule has 140 valence electrons. The zero-order valence-corrected chi connectivity index (χ0v) is 16.2. The van der Waals surface area contributed by atoms with Crippen molar-refractivity contribution >= 4 is 56.4 Å². The average molecular weight is 427 g/mol. The standard InChI is InChI=1S/C18H13Cl2FN2O3S/c1-9(26-13-5-3-2-4-12(13)21)17(24)22-23-18(25)16-15(20)11-7-6-10(19)8-14(11)27-16/h2-9H,1H3,(H,22,24)(H,23,25). The van der Waals surface area contributed by atoms with Gasteiger partial charge in [-0.15, -0.1) is 11.3 Å². The summed E-state index contributed by atoms with van der Waals surface area (Å²) in [5, 5.41) is 1.49. The van der Waals surface area contributed by atoms with Gasteiger partial charge in [-0.1, -0.05) is 41.4 Å². The van der Waals surface area contributed by atoms with Gasteiger partial charge < -0.3 is 4.74 Å². The van der Waals surface area contributed by atoms with Gasteiger partial charge in [0.2, 0.25) is 0 Å². The van der Waals surface area contributed by atoms with Crippen molar-refractivity contribution in [2.45, 2.75) is 13.0 Å². The third-order valence-corrected chi connectivity index (χ3v) is 5.50. The number of hydrogen-bond donors (Lipinski definition) is 2. The van der Waals surface area contributed by atoms with Gasteiger partial charge in [0.05, 0.1) is 5.02 Å². The van der Waals surface area contributed by atoms with Crippen molar-refractivity contribution in [2.75, 3.05) is 0 Å². The van der Waals surface area contributed by atoms with Gasteiger partial charge >= 0.3 is 0 Å². The molecular formula is C18H13Cl2FN2O3S. The molecule has 0 bridgehead atoms. The molecule has 0 aliphatic heterocycles. The third-order valence-electron chi connectivity index (χ3n) is 3.61. The monoisotopic (exact) mass is 426 g/mol. The van der Waals surface area contributed by atoms with Crippen molar-refractivity contribution in [2.24, 2.45) is 0 Å². The summed E-state index contributed by atoms with van der Waals surface area (Å²) in [6.45, 7) is 1.43. The van der Waals surface area contributed by atoms with E-state index in [1.165, 1.54) is 25.1 Å². The molecule has 0 spiro atoms. The van der Waals surface area contributed by atoms with Crippen LogP contribution < -0.4 is 15.6 Å². The van der Waals surface area contributed by atoms with Gasteiger partial charge in [0.1, 0.15) is 4.88 Å². The van der Waals surface area contributed by atoms with E-state index in [-0.39, 0.29) is 15.6 Å². The van der Waals surface area contributed by atoms with Crippen LogP contribution in [0.1, 0.15) is 16.6 Å². The lowest BCUT2D eigenvalue weighted by molar-refractivity contribution is -0.128. The Hall–Kier alpha value is -2.35.